The third kappa shape index (κ3) is 17.8. The summed E-state index contributed by atoms with van der Waals surface area (Å²) in [6.07, 6.45) is 6.28. The molecule has 19 heteroatoms. The van der Waals surface area contributed by atoms with Gasteiger partial charge in [-0.3, -0.25) is 33.6 Å². The molecule has 3 saturated heterocycles. The number of phenolic OH excluding ortho intramolecular Hbond substituents is 1. The fourth-order valence-corrected chi connectivity index (χ4v) is 9.64. The van der Waals surface area contributed by atoms with Gasteiger partial charge in [0.1, 0.15) is 42.0 Å². The van der Waals surface area contributed by atoms with Crippen molar-refractivity contribution in [1.82, 2.24) is 36.4 Å². The van der Waals surface area contributed by atoms with Crippen molar-refractivity contribution in [2.24, 2.45) is 17.6 Å². The number of aliphatic hydroxyl groups is 3. The molecule has 4 rings (SSSR count). The van der Waals surface area contributed by atoms with E-state index < -0.39 is 95.9 Å². The Balaban J connectivity index is 1.56. The fraction of sp³-hybridized carbons (Fsp3) is 0.740. The van der Waals surface area contributed by atoms with Crippen LogP contribution in [0.1, 0.15) is 142 Å². The van der Waals surface area contributed by atoms with E-state index in [0.717, 1.165) is 36.5 Å². The number of hydrogen-bond acceptors (Lipinski definition) is 12. The van der Waals surface area contributed by atoms with Crippen molar-refractivity contribution in [3.05, 3.63) is 29.8 Å². The number of nitrogens with zero attached hydrogens (tertiary/aromatic N) is 2. The molecule has 0 radical (unpaired) electrons. The zero-order valence-electron chi connectivity index (χ0n) is 41.3. The van der Waals surface area contributed by atoms with E-state index in [2.05, 4.69) is 47.4 Å². The van der Waals surface area contributed by atoms with Crippen LogP contribution in [0.5, 0.6) is 5.75 Å². The van der Waals surface area contributed by atoms with Crippen LogP contribution in [0, 0.1) is 11.8 Å². The molecule has 0 saturated carbocycles. The number of phenols is 1. The smallest absolute Gasteiger partial charge is 0.248 e. The van der Waals surface area contributed by atoms with E-state index in [1.807, 2.05) is 0 Å². The van der Waals surface area contributed by atoms with Crippen LogP contribution in [-0.2, 0) is 40.0 Å². The first-order valence-electron chi connectivity index (χ1n) is 25.5. The molecule has 11 atom stereocenters. The highest BCUT2D eigenvalue weighted by Gasteiger charge is 2.46. The number of aryl methyl sites for hydroxylation is 1. The molecule has 3 heterocycles. The van der Waals surface area contributed by atoms with Crippen molar-refractivity contribution < 1.29 is 54.0 Å². The molecule has 0 aliphatic carbocycles. The molecule has 0 spiro atoms. The minimum absolute atomic E-state index is 0.00389. The first-order valence-corrected chi connectivity index (χ1v) is 25.5. The number of hydrogen-bond donors (Lipinski definition) is 10. The first-order chi connectivity index (χ1) is 32.9. The third-order valence-electron chi connectivity index (χ3n) is 13.9. The van der Waals surface area contributed by atoms with Gasteiger partial charge in [0, 0.05) is 32.5 Å². The Kier molecular flexibility index (Phi) is 23.6. The Hall–Kier alpha value is -4.85. The Labute approximate surface area is 407 Å². The number of rotatable bonds is 20. The normalized spacial score (nSPS) is 27.0. The molecule has 0 unspecified atom stereocenters. The zero-order valence-corrected chi connectivity index (χ0v) is 41.3. The van der Waals surface area contributed by atoms with Crippen molar-refractivity contribution in [3.8, 4) is 5.75 Å². The Morgan fingerprint density at radius 2 is 1.48 bits per heavy atom. The minimum Gasteiger partial charge on any atom is -0.508 e. The lowest BCUT2D eigenvalue weighted by Crippen LogP contribution is -2.61. The van der Waals surface area contributed by atoms with Crippen LogP contribution in [0.25, 0.3) is 0 Å². The van der Waals surface area contributed by atoms with Crippen LogP contribution < -0.4 is 32.3 Å². The SMILES string of the molecule is CC[C@H](C)C[C@H](C)CCCCCCCCC(=O)N[C@H]1CCCNC(=O)[C@@H]2[C@@H](O)CCN2C(=O)[C@H](CCCN)NC(=O)[C@H](CCc2ccc(O)cc2)NC(=O)[C@@H]2C[C@@H](O)CN2C(=O)[C@H]([C@@H](C)O)NC1=O. The van der Waals surface area contributed by atoms with Crippen LogP contribution in [0.3, 0.4) is 0 Å². The second-order valence-electron chi connectivity index (χ2n) is 19.8. The van der Waals surface area contributed by atoms with Crippen LogP contribution in [0.2, 0.25) is 0 Å². The average molecular weight is 971 g/mol. The number of nitrogens with two attached hydrogens (primary N) is 1. The Morgan fingerprint density at radius 1 is 0.797 bits per heavy atom. The summed E-state index contributed by atoms with van der Waals surface area (Å²) in [5, 5.41) is 56.2. The number of amides is 7. The van der Waals surface area contributed by atoms with E-state index in [1.165, 1.54) is 49.6 Å². The summed E-state index contributed by atoms with van der Waals surface area (Å²) < 4.78 is 0. The quantitative estimate of drug-likeness (QED) is 0.0831. The Bertz CT molecular complexity index is 1840. The van der Waals surface area contributed by atoms with E-state index in [1.54, 1.807) is 12.1 Å². The number of carbonyl (C=O) groups is 7. The van der Waals surface area contributed by atoms with Gasteiger partial charge >= 0.3 is 0 Å². The van der Waals surface area contributed by atoms with E-state index in [0.29, 0.717) is 24.3 Å². The number of aromatic hydroxyl groups is 1. The maximum atomic E-state index is 14.3. The molecule has 0 aromatic heterocycles. The van der Waals surface area contributed by atoms with E-state index >= 15 is 0 Å². The van der Waals surface area contributed by atoms with Gasteiger partial charge in [0.2, 0.25) is 41.4 Å². The fourth-order valence-electron chi connectivity index (χ4n) is 9.64. The maximum absolute atomic E-state index is 14.3. The lowest BCUT2D eigenvalue weighted by Gasteiger charge is -2.32. The van der Waals surface area contributed by atoms with Crippen LogP contribution in [0.4, 0.5) is 0 Å². The molecule has 7 amide bonds. The molecule has 0 bridgehead atoms. The maximum Gasteiger partial charge on any atom is 0.248 e. The summed E-state index contributed by atoms with van der Waals surface area (Å²) in [4.78, 5) is 100. The van der Waals surface area contributed by atoms with Crippen molar-refractivity contribution in [2.75, 3.05) is 26.2 Å². The zero-order chi connectivity index (χ0) is 50.6. The van der Waals surface area contributed by atoms with Gasteiger partial charge in [0.05, 0.1) is 18.3 Å². The molecule has 11 N–H and O–H groups in total. The van der Waals surface area contributed by atoms with Gasteiger partial charge in [-0.1, -0.05) is 77.8 Å². The first kappa shape index (κ1) is 56.7. The van der Waals surface area contributed by atoms with Crippen LogP contribution >= 0.6 is 0 Å². The topological polar surface area (TPSA) is 293 Å². The molecule has 3 fully saturated rings. The summed E-state index contributed by atoms with van der Waals surface area (Å²) in [5.41, 5.74) is 6.54. The van der Waals surface area contributed by atoms with Gasteiger partial charge in [-0.2, -0.15) is 0 Å². The third-order valence-corrected chi connectivity index (χ3v) is 13.9. The molecular weight excluding hydrogens is 889 g/mol. The van der Waals surface area contributed by atoms with E-state index in [-0.39, 0.29) is 83.3 Å². The summed E-state index contributed by atoms with van der Waals surface area (Å²) in [6, 6.07) is -1.73. The predicted octanol–water partition coefficient (Wildman–Crippen LogP) is 1.41. The lowest BCUT2D eigenvalue weighted by atomic mass is 9.91. The molecule has 1 aromatic rings. The van der Waals surface area contributed by atoms with Gasteiger partial charge in [-0.15, -0.1) is 0 Å². The number of benzene rings is 1. The van der Waals surface area contributed by atoms with Crippen LogP contribution in [0.15, 0.2) is 24.3 Å². The predicted molar refractivity (Wildman–Crippen MR) is 259 cm³/mol. The van der Waals surface area contributed by atoms with Gasteiger partial charge in [-0.25, -0.2) is 0 Å². The molecule has 388 valence electrons. The van der Waals surface area contributed by atoms with Crippen molar-refractivity contribution >= 4 is 41.4 Å². The summed E-state index contributed by atoms with van der Waals surface area (Å²) in [6.45, 7) is 7.96. The molecule has 3 aliphatic rings. The summed E-state index contributed by atoms with van der Waals surface area (Å²) in [7, 11) is 0. The van der Waals surface area contributed by atoms with Gasteiger partial charge < -0.3 is 62.5 Å². The lowest BCUT2D eigenvalue weighted by molar-refractivity contribution is -0.145. The van der Waals surface area contributed by atoms with Crippen molar-refractivity contribution in [2.45, 2.75) is 198 Å². The molecular formula is C50H82N8O11. The number of carbonyl (C=O) groups excluding carboxylic acids is 7. The summed E-state index contributed by atoms with van der Waals surface area (Å²) in [5.74, 6) is -3.45. The number of aliphatic hydroxyl groups excluding tert-OH is 3. The second kappa shape index (κ2) is 28.7. The molecule has 19 nitrogen and oxygen atoms in total. The molecule has 69 heavy (non-hydrogen) atoms. The number of nitrogens with one attached hydrogen (secondary N) is 5. The van der Waals surface area contributed by atoms with Crippen molar-refractivity contribution in [3.63, 3.8) is 0 Å². The standard InChI is InChI=1S/C50H82N8O11/c1-5-31(2)28-32(3)14-10-8-6-7-9-11-17-42(63)53-37-16-13-26-52-48(67)44-41(62)24-27-57(44)49(68)39(15-12-25-51)55-45(64)38(23-20-34-18-21-35(60)22-19-34)54-47(66)40-29-36(61)30-58(40)50(69)43(33(4)59)56-46(37)65/h18-19,21-22,31-33,36-41,43-44,59-62H,5-17,20,23-30,51H2,1-4H3,(H,52,67)(H,53,63)(H,54,66)(H,55,64)(H,56,65)/t31-,32+,33+,36+,37-,38-,39-,40-,41-,43-,44-/m0/s1. The van der Waals surface area contributed by atoms with Gasteiger partial charge in [-0.05, 0) is 101 Å². The van der Waals surface area contributed by atoms with E-state index in [4.69, 9.17) is 5.73 Å². The highest BCUT2D eigenvalue weighted by atomic mass is 16.3. The number of fused-ring (bicyclic) bond motifs is 2. The number of unbranched alkanes of at least 4 members (excludes halogenated alkanes) is 5. The Morgan fingerprint density at radius 3 is 2.16 bits per heavy atom. The highest BCUT2D eigenvalue weighted by Crippen LogP contribution is 2.24. The van der Waals surface area contributed by atoms with E-state index in [9.17, 15) is 54.0 Å². The highest BCUT2D eigenvalue weighted by molar-refractivity contribution is 5.98. The molecule has 1 aromatic carbocycles. The van der Waals surface area contributed by atoms with Crippen LogP contribution in [-0.4, -0.2) is 152 Å². The minimum atomic E-state index is -1.61. The largest absolute Gasteiger partial charge is 0.508 e. The van der Waals surface area contributed by atoms with Gasteiger partial charge in [0.15, 0.2) is 0 Å². The van der Waals surface area contributed by atoms with Crippen molar-refractivity contribution in [1.29, 1.82) is 0 Å². The molecule has 3 aliphatic heterocycles. The summed E-state index contributed by atoms with van der Waals surface area (Å²) >= 11 is 0. The average Bonchev–Trinajstić information content (AvgIpc) is 3.91. The second-order valence-corrected chi connectivity index (χ2v) is 19.8. The monoisotopic (exact) mass is 971 g/mol. The van der Waals surface area contributed by atoms with Gasteiger partial charge in [0.25, 0.3) is 0 Å².